The third kappa shape index (κ3) is 45.9. The SMILES string of the molecule is CCCCCCCCCCCCCCCCCCCC(=O)OC[C@@H](COC(=O)CCCCCCCCCCCCCCCCC(C)CC)OC(=O)CCCCCCCCC. The average Bonchev–Trinajstić information content (AvgIpc) is 3.25. The molecule has 0 aliphatic heterocycles. The van der Waals surface area contributed by atoms with Crippen molar-refractivity contribution in [2.24, 2.45) is 5.92 Å². The maximum absolute atomic E-state index is 12.7. The second-order valence-corrected chi connectivity index (χ2v) is 18.8. The van der Waals surface area contributed by atoms with Crippen LogP contribution in [0.4, 0.5) is 0 Å². The number of hydrogen-bond donors (Lipinski definition) is 0. The second kappa shape index (κ2) is 48.4. The summed E-state index contributed by atoms with van der Waals surface area (Å²) in [7, 11) is 0. The van der Waals surface area contributed by atoms with Gasteiger partial charge < -0.3 is 14.2 Å². The third-order valence-corrected chi connectivity index (χ3v) is 12.7. The summed E-state index contributed by atoms with van der Waals surface area (Å²) in [6.07, 6.45) is 51.0. The van der Waals surface area contributed by atoms with Crippen molar-refractivity contribution in [3.63, 3.8) is 0 Å². The highest BCUT2D eigenvalue weighted by molar-refractivity contribution is 5.71. The smallest absolute Gasteiger partial charge is 0.306 e. The van der Waals surface area contributed by atoms with Crippen molar-refractivity contribution in [2.45, 2.75) is 310 Å². The summed E-state index contributed by atoms with van der Waals surface area (Å²) >= 11 is 0. The first-order chi connectivity index (χ1) is 29.4. The Bertz CT molecular complexity index is 905. The summed E-state index contributed by atoms with van der Waals surface area (Å²) in [5.74, 6) is 0.0468. The maximum atomic E-state index is 12.7. The molecule has 6 heteroatoms. The quantitative estimate of drug-likeness (QED) is 0.0345. The Kier molecular flexibility index (Phi) is 47.2. The van der Waals surface area contributed by atoms with E-state index >= 15 is 0 Å². The Morgan fingerprint density at radius 1 is 0.333 bits per heavy atom. The molecule has 0 aromatic carbocycles. The normalized spacial score (nSPS) is 12.4. The topological polar surface area (TPSA) is 78.9 Å². The predicted molar refractivity (Wildman–Crippen MR) is 257 cm³/mol. The number of ether oxygens (including phenoxy) is 3. The first kappa shape index (κ1) is 58.4. The summed E-state index contributed by atoms with van der Waals surface area (Å²) in [6.45, 7) is 9.04. The van der Waals surface area contributed by atoms with Crippen LogP contribution in [-0.2, 0) is 28.6 Å². The fraction of sp³-hybridized carbons (Fsp3) is 0.944. The number of unbranched alkanes of at least 4 members (excludes halogenated alkanes) is 35. The van der Waals surface area contributed by atoms with E-state index in [-0.39, 0.29) is 31.1 Å². The maximum Gasteiger partial charge on any atom is 0.306 e. The number of esters is 3. The van der Waals surface area contributed by atoms with Crippen LogP contribution in [0.3, 0.4) is 0 Å². The molecule has 0 saturated heterocycles. The van der Waals surface area contributed by atoms with Crippen LogP contribution in [-0.4, -0.2) is 37.2 Å². The lowest BCUT2D eigenvalue weighted by Crippen LogP contribution is -2.30. The van der Waals surface area contributed by atoms with Crippen molar-refractivity contribution in [3.05, 3.63) is 0 Å². The molecule has 6 nitrogen and oxygen atoms in total. The Balaban J connectivity index is 4.13. The van der Waals surface area contributed by atoms with Crippen molar-refractivity contribution >= 4 is 17.9 Å². The Morgan fingerprint density at radius 2 is 0.583 bits per heavy atom. The van der Waals surface area contributed by atoms with Gasteiger partial charge in [-0.25, -0.2) is 0 Å². The van der Waals surface area contributed by atoms with Gasteiger partial charge in [-0.1, -0.05) is 265 Å². The monoisotopic (exact) mass is 849 g/mol. The molecule has 0 amide bonds. The molecule has 0 saturated carbocycles. The molecule has 356 valence electrons. The lowest BCUT2D eigenvalue weighted by molar-refractivity contribution is -0.167. The van der Waals surface area contributed by atoms with Crippen LogP contribution in [0.2, 0.25) is 0 Å². The first-order valence-corrected chi connectivity index (χ1v) is 26.9. The molecule has 0 aromatic rings. The van der Waals surface area contributed by atoms with E-state index < -0.39 is 6.10 Å². The zero-order chi connectivity index (χ0) is 43.8. The van der Waals surface area contributed by atoms with E-state index in [0.29, 0.717) is 19.3 Å². The fourth-order valence-electron chi connectivity index (χ4n) is 8.19. The first-order valence-electron chi connectivity index (χ1n) is 26.9. The molecule has 0 aliphatic carbocycles. The van der Waals surface area contributed by atoms with Crippen LogP contribution in [0.15, 0.2) is 0 Å². The molecule has 1 unspecified atom stereocenters. The number of carbonyl (C=O) groups is 3. The van der Waals surface area contributed by atoms with Crippen LogP contribution >= 0.6 is 0 Å². The Labute approximate surface area is 374 Å². The highest BCUT2D eigenvalue weighted by Crippen LogP contribution is 2.18. The van der Waals surface area contributed by atoms with E-state index in [1.165, 1.54) is 199 Å². The summed E-state index contributed by atoms with van der Waals surface area (Å²) in [5, 5.41) is 0. The van der Waals surface area contributed by atoms with Gasteiger partial charge in [0.1, 0.15) is 13.2 Å². The van der Waals surface area contributed by atoms with E-state index in [2.05, 4.69) is 27.7 Å². The molecule has 0 fully saturated rings. The summed E-state index contributed by atoms with van der Waals surface area (Å²) < 4.78 is 16.8. The van der Waals surface area contributed by atoms with Gasteiger partial charge in [0.2, 0.25) is 0 Å². The molecule has 0 bridgehead atoms. The molecule has 60 heavy (non-hydrogen) atoms. The number of hydrogen-bond acceptors (Lipinski definition) is 6. The van der Waals surface area contributed by atoms with Gasteiger partial charge >= 0.3 is 17.9 Å². The molecule has 2 atom stereocenters. The van der Waals surface area contributed by atoms with Gasteiger partial charge in [-0.2, -0.15) is 0 Å². The van der Waals surface area contributed by atoms with Crippen molar-refractivity contribution in [3.8, 4) is 0 Å². The minimum absolute atomic E-state index is 0.0631. The molecule has 0 aliphatic rings. The van der Waals surface area contributed by atoms with Crippen molar-refractivity contribution in [2.75, 3.05) is 13.2 Å². The van der Waals surface area contributed by atoms with Gasteiger partial charge in [-0.3, -0.25) is 14.4 Å². The van der Waals surface area contributed by atoms with Crippen LogP contribution in [0.25, 0.3) is 0 Å². The molecular weight excluding hydrogens is 745 g/mol. The van der Waals surface area contributed by atoms with Crippen molar-refractivity contribution in [1.82, 2.24) is 0 Å². The zero-order valence-electron chi connectivity index (χ0n) is 40.9. The van der Waals surface area contributed by atoms with Gasteiger partial charge in [-0.15, -0.1) is 0 Å². The van der Waals surface area contributed by atoms with E-state index in [1.807, 2.05) is 0 Å². The Hall–Kier alpha value is -1.59. The largest absolute Gasteiger partial charge is 0.462 e. The highest BCUT2D eigenvalue weighted by Gasteiger charge is 2.19. The standard InChI is InChI=1S/C54H104O6/c1-5-8-10-12-14-15-16-17-18-19-20-24-27-30-34-37-41-45-52(55)58-48-51(60-54(57)47-43-39-32-13-11-9-6-2)49-59-53(56)46-42-38-35-31-28-25-22-21-23-26-29-33-36-40-44-50(4)7-3/h50-51H,5-49H2,1-4H3/t50?,51-/m0/s1. The van der Waals surface area contributed by atoms with Gasteiger partial charge in [0.15, 0.2) is 6.10 Å². The van der Waals surface area contributed by atoms with Crippen LogP contribution < -0.4 is 0 Å². The predicted octanol–water partition coefficient (Wildman–Crippen LogP) is 17.5. The highest BCUT2D eigenvalue weighted by atomic mass is 16.6. The number of rotatable bonds is 49. The molecule has 0 spiro atoms. The van der Waals surface area contributed by atoms with E-state index in [4.69, 9.17) is 14.2 Å². The van der Waals surface area contributed by atoms with Crippen molar-refractivity contribution < 1.29 is 28.6 Å². The average molecular weight is 849 g/mol. The molecule has 0 heterocycles. The molecule has 0 N–H and O–H groups in total. The third-order valence-electron chi connectivity index (χ3n) is 12.7. The van der Waals surface area contributed by atoms with Gasteiger partial charge in [-0.05, 0) is 25.2 Å². The van der Waals surface area contributed by atoms with E-state index in [0.717, 1.165) is 63.7 Å². The van der Waals surface area contributed by atoms with Gasteiger partial charge in [0, 0.05) is 19.3 Å². The lowest BCUT2D eigenvalue weighted by Gasteiger charge is -2.18. The van der Waals surface area contributed by atoms with Crippen molar-refractivity contribution in [1.29, 1.82) is 0 Å². The summed E-state index contributed by atoms with van der Waals surface area (Å²) in [4.78, 5) is 37.8. The summed E-state index contributed by atoms with van der Waals surface area (Å²) in [6, 6.07) is 0. The van der Waals surface area contributed by atoms with Crippen LogP contribution in [0.5, 0.6) is 0 Å². The molecule has 0 aromatic heterocycles. The second-order valence-electron chi connectivity index (χ2n) is 18.8. The number of carbonyl (C=O) groups excluding carboxylic acids is 3. The fourth-order valence-corrected chi connectivity index (χ4v) is 8.19. The van der Waals surface area contributed by atoms with E-state index in [9.17, 15) is 14.4 Å². The van der Waals surface area contributed by atoms with Gasteiger partial charge in [0.25, 0.3) is 0 Å². The zero-order valence-corrected chi connectivity index (χ0v) is 40.9. The summed E-state index contributed by atoms with van der Waals surface area (Å²) in [5.41, 5.74) is 0. The lowest BCUT2D eigenvalue weighted by atomic mass is 9.99. The van der Waals surface area contributed by atoms with Gasteiger partial charge in [0.05, 0.1) is 0 Å². The van der Waals surface area contributed by atoms with Crippen LogP contribution in [0, 0.1) is 5.92 Å². The van der Waals surface area contributed by atoms with Crippen LogP contribution in [0.1, 0.15) is 304 Å². The minimum Gasteiger partial charge on any atom is -0.462 e. The minimum atomic E-state index is -0.759. The Morgan fingerprint density at radius 3 is 0.867 bits per heavy atom. The van der Waals surface area contributed by atoms with E-state index in [1.54, 1.807) is 0 Å². The molecule has 0 radical (unpaired) electrons. The molecular formula is C54H104O6. The molecule has 0 rings (SSSR count).